The number of hydrogen-bond donors (Lipinski definition) is 2. The maximum Gasteiger partial charge on any atom is 0.318 e. The smallest absolute Gasteiger partial charge is 0.318 e. The molecule has 3 nitrogen and oxygen atoms in total. The van der Waals surface area contributed by atoms with E-state index in [1.807, 2.05) is 0 Å². The van der Waals surface area contributed by atoms with Crippen molar-refractivity contribution in [3.63, 3.8) is 0 Å². The molecule has 0 bridgehead atoms. The van der Waals surface area contributed by atoms with Crippen molar-refractivity contribution in [1.29, 1.82) is 0 Å². The van der Waals surface area contributed by atoms with E-state index in [1.54, 1.807) is 18.2 Å². The van der Waals surface area contributed by atoms with Crippen molar-refractivity contribution in [1.82, 2.24) is 10.6 Å². The topological polar surface area (TPSA) is 41.1 Å². The minimum Gasteiger partial charge on any atom is -0.338 e. The van der Waals surface area contributed by atoms with Gasteiger partial charge >= 0.3 is 6.03 Å². The maximum atomic E-state index is 12.8. The molecule has 0 atom stereocenters. The van der Waals surface area contributed by atoms with Crippen molar-refractivity contribution in [2.75, 3.05) is 12.4 Å². The number of carbonyl (C=O) groups is 1. The maximum absolute atomic E-state index is 12.8. The summed E-state index contributed by atoms with van der Waals surface area (Å²) in [7, 11) is 0. The Labute approximate surface area is 105 Å². The van der Waals surface area contributed by atoms with Crippen molar-refractivity contribution in [2.45, 2.75) is 6.42 Å². The second kappa shape index (κ2) is 7.68. The van der Waals surface area contributed by atoms with Crippen LogP contribution in [0.5, 0.6) is 0 Å². The lowest BCUT2D eigenvalue weighted by molar-refractivity contribution is 0.244. The van der Waals surface area contributed by atoms with Crippen molar-refractivity contribution in [2.24, 2.45) is 0 Å². The number of halogens is 2. The molecule has 0 aliphatic carbocycles. The normalized spacial score (nSPS) is 10.5. The standard InChI is InChI=1S/C12H14ClFN2O/c13-6-2-7-15-12(17)16-8-5-10-3-1-4-11(14)9-10/h1,3-5,8-9H,2,6-7H2,(H2,15,16,17)/b8-5+. The summed E-state index contributed by atoms with van der Waals surface area (Å²) >= 11 is 5.46. The van der Waals surface area contributed by atoms with E-state index in [-0.39, 0.29) is 11.8 Å². The molecule has 1 aromatic rings. The summed E-state index contributed by atoms with van der Waals surface area (Å²) in [6.07, 6.45) is 3.80. The molecule has 92 valence electrons. The average Bonchev–Trinajstić information content (AvgIpc) is 2.29. The number of nitrogens with one attached hydrogen (secondary N) is 2. The van der Waals surface area contributed by atoms with Gasteiger partial charge in [0.05, 0.1) is 0 Å². The zero-order valence-corrected chi connectivity index (χ0v) is 10.0. The quantitative estimate of drug-likeness (QED) is 0.617. The van der Waals surface area contributed by atoms with Gasteiger partial charge in [-0.05, 0) is 30.2 Å². The molecule has 0 aromatic heterocycles. The van der Waals surface area contributed by atoms with Crippen LogP contribution in [0, 0.1) is 5.82 Å². The third kappa shape index (κ3) is 5.92. The van der Waals surface area contributed by atoms with Crippen molar-refractivity contribution >= 4 is 23.7 Å². The molecular formula is C12H14ClFN2O. The van der Waals surface area contributed by atoms with Crippen LogP contribution in [0.25, 0.3) is 6.08 Å². The van der Waals surface area contributed by atoms with Crippen LogP contribution in [0.1, 0.15) is 12.0 Å². The van der Waals surface area contributed by atoms with Gasteiger partial charge in [0.1, 0.15) is 5.82 Å². The Bertz CT molecular complexity index is 396. The first-order chi connectivity index (χ1) is 8.22. The molecule has 2 N–H and O–H groups in total. The minimum atomic E-state index is -0.307. The number of alkyl halides is 1. The molecule has 0 heterocycles. The fourth-order valence-electron chi connectivity index (χ4n) is 1.14. The van der Waals surface area contributed by atoms with E-state index in [0.717, 1.165) is 6.42 Å². The Morgan fingerprint density at radius 1 is 1.47 bits per heavy atom. The molecule has 0 fully saturated rings. The summed E-state index contributed by atoms with van der Waals surface area (Å²) < 4.78 is 12.8. The Balaban J connectivity index is 2.32. The van der Waals surface area contributed by atoms with Gasteiger partial charge in [-0.15, -0.1) is 11.6 Å². The number of benzene rings is 1. The fourth-order valence-corrected chi connectivity index (χ4v) is 1.28. The zero-order chi connectivity index (χ0) is 12.5. The van der Waals surface area contributed by atoms with E-state index in [9.17, 15) is 9.18 Å². The van der Waals surface area contributed by atoms with Gasteiger partial charge in [0.15, 0.2) is 0 Å². The SMILES string of the molecule is O=C(N/C=C/c1cccc(F)c1)NCCCCl. The van der Waals surface area contributed by atoms with Gasteiger partial charge < -0.3 is 10.6 Å². The molecule has 17 heavy (non-hydrogen) atoms. The first-order valence-corrected chi connectivity index (χ1v) is 5.78. The van der Waals surface area contributed by atoms with Crippen LogP contribution in [-0.4, -0.2) is 18.5 Å². The predicted molar refractivity (Wildman–Crippen MR) is 67.3 cm³/mol. The molecule has 0 radical (unpaired) electrons. The molecular weight excluding hydrogens is 243 g/mol. The molecule has 5 heteroatoms. The summed E-state index contributed by atoms with van der Waals surface area (Å²) in [5.74, 6) is 0.207. The van der Waals surface area contributed by atoms with Crippen molar-refractivity contribution in [3.8, 4) is 0 Å². The first-order valence-electron chi connectivity index (χ1n) is 5.25. The van der Waals surface area contributed by atoms with Gasteiger partial charge in [0.2, 0.25) is 0 Å². The van der Waals surface area contributed by atoms with Crippen LogP contribution < -0.4 is 10.6 Å². The zero-order valence-electron chi connectivity index (χ0n) is 9.25. The van der Waals surface area contributed by atoms with Crippen molar-refractivity contribution in [3.05, 3.63) is 41.8 Å². The van der Waals surface area contributed by atoms with E-state index in [1.165, 1.54) is 18.3 Å². The number of rotatable bonds is 5. The summed E-state index contributed by atoms with van der Waals surface area (Å²) in [5, 5.41) is 5.13. The Morgan fingerprint density at radius 2 is 2.29 bits per heavy atom. The molecule has 2 amide bonds. The molecule has 1 rings (SSSR count). The molecule has 1 aromatic carbocycles. The van der Waals surface area contributed by atoms with Gasteiger partial charge in [-0.2, -0.15) is 0 Å². The van der Waals surface area contributed by atoms with Gasteiger partial charge in [-0.25, -0.2) is 9.18 Å². The summed E-state index contributed by atoms with van der Waals surface area (Å²) in [4.78, 5) is 11.2. The summed E-state index contributed by atoms with van der Waals surface area (Å²) in [5.41, 5.74) is 0.686. The number of hydrogen-bond acceptors (Lipinski definition) is 1. The number of amides is 2. The fraction of sp³-hybridized carbons (Fsp3) is 0.250. The van der Waals surface area contributed by atoms with E-state index in [2.05, 4.69) is 10.6 Å². The van der Waals surface area contributed by atoms with Gasteiger partial charge in [-0.3, -0.25) is 0 Å². The van der Waals surface area contributed by atoms with E-state index < -0.39 is 0 Å². The lowest BCUT2D eigenvalue weighted by Gasteiger charge is -2.02. The molecule has 0 saturated heterocycles. The Kier molecular flexibility index (Phi) is 6.10. The molecule has 0 spiro atoms. The minimum absolute atomic E-state index is 0.303. The van der Waals surface area contributed by atoms with E-state index in [4.69, 9.17) is 11.6 Å². The van der Waals surface area contributed by atoms with Gasteiger partial charge in [-0.1, -0.05) is 12.1 Å². The van der Waals surface area contributed by atoms with Crippen LogP contribution in [0.15, 0.2) is 30.5 Å². The van der Waals surface area contributed by atoms with Gasteiger partial charge in [0, 0.05) is 18.6 Å². The average molecular weight is 257 g/mol. The number of urea groups is 1. The third-order valence-electron chi connectivity index (χ3n) is 1.93. The van der Waals surface area contributed by atoms with Crippen molar-refractivity contribution < 1.29 is 9.18 Å². The molecule has 0 aliphatic rings. The highest BCUT2D eigenvalue weighted by Gasteiger charge is 1.95. The summed E-state index contributed by atoms with van der Waals surface area (Å²) in [6, 6.07) is 5.79. The monoisotopic (exact) mass is 256 g/mol. The van der Waals surface area contributed by atoms with Crippen LogP contribution in [0.2, 0.25) is 0 Å². The van der Waals surface area contributed by atoms with Crippen LogP contribution in [-0.2, 0) is 0 Å². The van der Waals surface area contributed by atoms with Crippen LogP contribution in [0.3, 0.4) is 0 Å². The van der Waals surface area contributed by atoms with E-state index >= 15 is 0 Å². The third-order valence-corrected chi connectivity index (χ3v) is 2.20. The largest absolute Gasteiger partial charge is 0.338 e. The van der Waals surface area contributed by atoms with Crippen LogP contribution in [0.4, 0.5) is 9.18 Å². The van der Waals surface area contributed by atoms with Gasteiger partial charge in [0.25, 0.3) is 0 Å². The highest BCUT2D eigenvalue weighted by atomic mass is 35.5. The second-order valence-corrected chi connectivity index (χ2v) is 3.71. The Morgan fingerprint density at radius 3 is 3.00 bits per heavy atom. The first kappa shape index (κ1) is 13.5. The predicted octanol–water partition coefficient (Wildman–Crippen LogP) is 2.72. The number of carbonyl (C=O) groups excluding carboxylic acids is 1. The lowest BCUT2D eigenvalue weighted by Crippen LogP contribution is -2.32. The summed E-state index contributed by atoms with van der Waals surface area (Å²) in [6.45, 7) is 0.531. The molecule has 0 unspecified atom stereocenters. The lowest BCUT2D eigenvalue weighted by atomic mass is 10.2. The van der Waals surface area contributed by atoms with E-state index in [0.29, 0.717) is 18.0 Å². The van der Waals surface area contributed by atoms with Crippen LogP contribution >= 0.6 is 11.6 Å². The Hall–Kier alpha value is -1.55. The highest BCUT2D eigenvalue weighted by Crippen LogP contribution is 2.04. The highest BCUT2D eigenvalue weighted by molar-refractivity contribution is 6.17. The molecule has 0 aliphatic heterocycles. The second-order valence-electron chi connectivity index (χ2n) is 3.33. The molecule has 0 saturated carbocycles.